The number of carbonyl (C=O) groups is 1. The second kappa shape index (κ2) is 11.4. The molecule has 3 aromatic carbocycles. The number of fused-ring (bicyclic) bond motifs is 3. The van der Waals surface area contributed by atoms with E-state index in [1.807, 2.05) is 0 Å². The fourth-order valence-electron chi connectivity index (χ4n) is 8.31. The summed E-state index contributed by atoms with van der Waals surface area (Å²) in [6.45, 7) is 3.52. The van der Waals surface area contributed by atoms with Crippen molar-refractivity contribution in [3.05, 3.63) is 53.3 Å². The van der Waals surface area contributed by atoms with E-state index in [-0.39, 0.29) is 71.2 Å². The first-order valence-electron chi connectivity index (χ1n) is 16.4. The molecule has 0 unspecified atom stereocenters. The van der Waals surface area contributed by atoms with E-state index in [1.165, 1.54) is 24.3 Å². The average molecular weight is 667 g/mol. The summed E-state index contributed by atoms with van der Waals surface area (Å²) in [5, 5.41) is 11.3. The largest absolute Gasteiger partial charge is 0.509 e. The Morgan fingerprint density at radius 3 is 2.71 bits per heavy atom. The Bertz CT molecular complexity index is 1980. The normalized spacial score (nSPS) is 25.6. The Morgan fingerprint density at radius 2 is 1.92 bits per heavy atom. The van der Waals surface area contributed by atoms with Gasteiger partial charge in [0.15, 0.2) is 11.4 Å². The highest BCUT2D eigenvalue weighted by atomic mass is 19.1. The molecule has 4 fully saturated rings. The van der Waals surface area contributed by atoms with Crippen LogP contribution in [0.5, 0.6) is 11.8 Å². The Hall–Kier alpha value is -4.39. The summed E-state index contributed by atoms with van der Waals surface area (Å²) in [5.74, 6) is -2.59. The number of phenolic OH excluding ortho intramolecular Hbond substituents is 1. The van der Waals surface area contributed by atoms with Crippen molar-refractivity contribution in [3.8, 4) is 22.9 Å². The number of hydrogen-bond acceptors (Lipinski definition) is 9. The van der Waals surface area contributed by atoms with Gasteiger partial charge < -0.3 is 24.2 Å². The first-order chi connectivity index (χ1) is 23.1. The van der Waals surface area contributed by atoms with E-state index in [0.29, 0.717) is 37.7 Å². The van der Waals surface area contributed by atoms with Gasteiger partial charge in [0.25, 0.3) is 0 Å². The van der Waals surface area contributed by atoms with E-state index in [4.69, 9.17) is 14.2 Å². The Balaban J connectivity index is 1.29. The minimum atomic E-state index is -1.04. The van der Waals surface area contributed by atoms with Gasteiger partial charge in [-0.05, 0) is 84.8 Å². The smallest absolute Gasteiger partial charge is 0.508 e. The predicted octanol–water partition coefficient (Wildman–Crippen LogP) is 6.60. The van der Waals surface area contributed by atoms with Gasteiger partial charge in [-0.2, -0.15) is 9.97 Å². The molecule has 0 aliphatic carbocycles. The third-order valence-electron chi connectivity index (χ3n) is 10.4. The molecule has 0 saturated carbocycles. The number of piperidine rings is 1. The number of ether oxygens (including phenoxy) is 3. The SMILES string of the molecule is CCc1c(F)ccc2cc(O)cc(-c3c(F)cc4c(N5CCC[C@]6(COC(=O)O6)C5)nc(OC[C@@]56CCCN5C[C@H](F)C6)nc4c3F)c12. The predicted molar refractivity (Wildman–Crippen MR) is 169 cm³/mol. The van der Waals surface area contributed by atoms with Crippen LogP contribution in [0.1, 0.15) is 44.6 Å². The van der Waals surface area contributed by atoms with E-state index in [9.17, 15) is 14.3 Å². The molecule has 13 heteroatoms. The molecule has 1 spiro atoms. The first kappa shape index (κ1) is 30.9. The topological polar surface area (TPSA) is 97.2 Å². The molecule has 4 aromatic rings. The maximum absolute atomic E-state index is 17.0. The van der Waals surface area contributed by atoms with Crippen molar-refractivity contribution in [2.75, 3.05) is 44.3 Å². The lowest BCUT2D eigenvalue weighted by atomic mass is 9.91. The summed E-state index contributed by atoms with van der Waals surface area (Å²) < 4.78 is 79.6. The molecule has 4 aliphatic rings. The number of rotatable bonds is 6. The van der Waals surface area contributed by atoms with E-state index in [1.54, 1.807) is 11.8 Å². The van der Waals surface area contributed by atoms with Gasteiger partial charge in [-0.25, -0.2) is 22.4 Å². The fourth-order valence-corrected chi connectivity index (χ4v) is 8.31. The summed E-state index contributed by atoms with van der Waals surface area (Å²) in [4.78, 5) is 24.9. The zero-order valence-electron chi connectivity index (χ0n) is 26.3. The van der Waals surface area contributed by atoms with Gasteiger partial charge in [-0.15, -0.1) is 0 Å². The molecule has 0 bridgehead atoms. The third-order valence-corrected chi connectivity index (χ3v) is 10.4. The van der Waals surface area contributed by atoms with Gasteiger partial charge in [0.2, 0.25) is 0 Å². The molecule has 252 valence electrons. The molecule has 0 radical (unpaired) electrons. The number of aromatic nitrogens is 2. The highest BCUT2D eigenvalue weighted by Gasteiger charge is 2.50. The first-order valence-corrected chi connectivity index (χ1v) is 16.4. The lowest BCUT2D eigenvalue weighted by molar-refractivity contribution is 0.0445. The van der Waals surface area contributed by atoms with Crippen LogP contribution in [-0.2, 0) is 15.9 Å². The Labute approximate surface area is 273 Å². The molecular formula is C35H34F4N4O5. The van der Waals surface area contributed by atoms with E-state index in [2.05, 4.69) is 14.9 Å². The quantitative estimate of drug-likeness (QED) is 0.181. The van der Waals surface area contributed by atoms with Gasteiger partial charge in [-0.3, -0.25) is 4.90 Å². The molecule has 0 amide bonds. The van der Waals surface area contributed by atoms with E-state index in [0.717, 1.165) is 25.5 Å². The van der Waals surface area contributed by atoms with Crippen LogP contribution in [0.15, 0.2) is 30.3 Å². The lowest BCUT2D eigenvalue weighted by Gasteiger charge is -2.38. The number of aryl methyl sites for hydroxylation is 1. The number of cyclic esters (lactones) is 1. The van der Waals surface area contributed by atoms with E-state index >= 15 is 13.2 Å². The number of alkyl halides is 1. The molecule has 5 heterocycles. The van der Waals surface area contributed by atoms with Crippen LogP contribution in [0.25, 0.3) is 32.8 Å². The van der Waals surface area contributed by atoms with Crippen LogP contribution in [0.4, 0.5) is 28.2 Å². The highest BCUT2D eigenvalue weighted by molar-refractivity contribution is 6.03. The van der Waals surface area contributed by atoms with Crippen LogP contribution >= 0.6 is 0 Å². The van der Waals surface area contributed by atoms with Crippen molar-refractivity contribution in [2.45, 2.75) is 62.8 Å². The summed E-state index contributed by atoms with van der Waals surface area (Å²) in [7, 11) is 0. The number of hydrogen-bond donors (Lipinski definition) is 1. The van der Waals surface area contributed by atoms with Crippen LogP contribution in [0.3, 0.4) is 0 Å². The second-order valence-corrected chi connectivity index (χ2v) is 13.5. The molecule has 1 aromatic heterocycles. The molecule has 1 N–H and O–H groups in total. The number of nitrogens with zero attached hydrogens (tertiary/aromatic N) is 4. The Morgan fingerprint density at radius 1 is 1.08 bits per heavy atom. The lowest BCUT2D eigenvalue weighted by Crippen LogP contribution is -2.50. The highest BCUT2D eigenvalue weighted by Crippen LogP contribution is 2.44. The number of halogens is 4. The van der Waals surface area contributed by atoms with Crippen molar-refractivity contribution in [1.82, 2.24) is 14.9 Å². The molecule has 4 saturated heterocycles. The van der Waals surface area contributed by atoms with Gasteiger partial charge in [-0.1, -0.05) is 13.0 Å². The average Bonchev–Trinajstić information content (AvgIpc) is 3.71. The molecule has 3 atom stereocenters. The minimum Gasteiger partial charge on any atom is -0.508 e. The molecule has 8 rings (SSSR count). The van der Waals surface area contributed by atoms with Gasteiger partial charge in [0, 0.05) is 24.9 Å². The summed E-state index contributed by atoms with van der Waals surface area (Å²) in [5.41, 5.74) is -1.97. The Kier molecular flexibility index (Phi) is 7.31. The van der Waals surface area contributed by atoms with Gasteiger partial charge in [0.1, 0.15) is 48.1 Å². The molecule has 9 nitrogen and oxygen atoms in total. The van der Waals surface area contributed by atoms with Crippen molar-refractivity contribution in [1.29, 1.82) is 0 Å². The monoisotopic (exact) mass is 666 g/mol. The number of carbonyl (C=O) groups excluding carboxylic acids is 1. The van der Waals surface area contributed by atoms with Crippen LogP contribution in [0.2, 0.25) is 0 Å². The maximum Gasteiger partial charge on any atom is 0.509 e. The molecule has 4 aliphatic heterocycles. The van der Waals surface area contributed by atoms with Crippen molar-refractivity contribution in [3.63, 3.8) is 0 Å². The fraction of sp³-hybridized carbons (Fsp3) is 0.457. The summed E-state index contributed by atoms with van der Waals surface area (Å²) in [6.07, 6.45) is 1.53. The third kappa shape index (κ3) is 4.96. The zero-order chi connectivity index (χ0) is 33.4. The number of anilines is 1. The molecular weight excluding hydrogens is 632 g/mol. The number of aromatic hydroxyl groups is 1. The maximum atomic E-state index is 17.0. The number of phenols is 1. The van der Waals surface area contributed by atoms with Crippen molar-refractivity contribution < 1.29 is 41.7 Å². The van der Waals surface area contributed by atoms with Crippen LogP contribution in [-0.4, -0.2) is 82.8 Å². The standard InChI is InChI=1S/C35H34F4N4O5/c1-2-22-25(37)6-5-19-11-21(44)12-23(27(19)22)28-26(38)13-24-30(29(28)39)40-32(46-17-34-7-3-10-43(34)15-20(36)14-34)41-31(24)42-9-4-8-35(16-42)18-47-33(45)48-35/h5-6,11-13,20,44H,2-4,7-10,14-18H2,1H3/t20-,34+,35-/m1/s1. The van der Waals surface area contributed by atoms with Crippen molar-refractivity contribution in [2.24, 2.45) is 0 Å². The van der Waals surface area contributed by atoms with Crippen LogP contribution < -0.4 is 9.64 Å². The summed E-state index contributed by atoms with van der Waals surface area (Å²) >= 11 is 0. The van der Waals surface area contributed by atoms with Crippen molar-refractivity contribution >= 4 is 33.6 Å². The van der Waals surface area contributed by atoms with Gasteiger partial charge >= 0.3 is 12.2 Å². The number of benzene rings is 3. The minimum absolute atomic E-state index is 0.0201. The van der Waals surface area contributed by atoms with E-state index < -0.39 is 46.5 Å². The van der Waals surface area contributed by atoms with Crippen LogP contribution in [0, 0.1) is 17.5 Å². The summed E-state index contributed by atoms with van der Waals surface area (Å²) in [6, 6.07) is 6.32. The zero-order valence-corrected chi connectivity index (χ0v) is 26.3. The molecule has 48 heavy (non-hydrogen) atoms. The second-order valence-electron chi connectivity index (χ2n) is 13.5. The van der Waals surface area contributed by atoms with Gasteiger partial charge in [0.05, 0.1) is 17.6 Å².